The highest BCUT2D eigenvalue weighted by molar-refractivity contribution is 5.94. The summed E-state index contributed by atoms with van der Waals surface area (Å²) < 4.78 is 0. The fraction of sp³-hybridized carbons (Fsp3) is 0.333. The zero-order chi connectivity index (χ0) is 18.4. The third-order valence-electron chi connectivity index (χ3n) is 4.87. The van der Waals surface area contributed by atoms with Gasteiger partial charge in [0.05, 0.1) is 0 Å². The number of hydrogen-bond donors (Lipinski definition) is 2. The minimum Gasteiger partial charge on any atom is -0.508 e. The van der Waals surface area contributed by atoms with Crippen LogP contribution in [0.5, 0.6) is 5.75 Å². The van der Waals surface area contributed by atoms with E-state index >= 15 is 0 Å². The molecule has 0 saturated carbocycles. The van der Waals surface area contributed by atoms with E-state index in [1.165, 1.54) is 5.56 Å². The SMILES string of the molecule is O=C(NCCC(=O)N1CCC(c2ccc(O)cc2)CC1)c1ccccc1. The van der Waals surface area contributed by atoms with Crippen LogP contribution in [-0.2, 0) is 4.79 Å². The van der Waals surface area contributed by atoms with Gasteiger partial charge in [-0.15, -0.1) is 0 Å². The van der Waals surface area contributed by atoms with Crippen molar-refractivity contribution in [1.82, 2.24) is 10.2 Å². The normalized spacial score (nSPS) is 14.8. The number of phenolic OH excluding ortho intramolecular Hbond substituents is 1. The minimum atomic E-state index is -0.149. The van der Waals surface area contributed by atoms with E-state index in [-0.39, 0.29) is 17.6 Å². The number of benzene rings is 2. The van der Waals surface area contributed by atoms with Crippen LogP contribution in [0.2, 0.25) is 0 Å². The van der Waals surface area contributed by atoms with E-state index in [1.807, 2.05) is 35.2 Å². The van der Waals surface area contributed by atoms with Crippen LogP contribution in [0.1, 0.15) is 41.1 Å². The van der Waals surface area contributed by atoms with Crippen molar-refractivity contribution >= 4 is 11.8 Å². The smallest absolute Gasteiger partial charge is 0.251 e. The summed E-state index contributed by atoms with van der Waals surface area (Å²) in [6.45, 7) is 1.82. The van der Waals surface area contributed by atoms with Crippen LogP contribution < -0.4 is 5.32 Å². The lowest BCUT2D eigenvalue weighted by molar-refractivity contribution is -0.132. The topological polar surface area (TPSA) is 69.6 Å². The number of nitrogens with zero attached hydrogens (tertiary/aromatic N) is 1. The third kappa shape index (κ3) is 4.63. The summed E-state index contributed by atoms with van der Waals surface area (Å²) in [5.74, 6) is 0.642. The van der Waals surface area contributed by atoms with E-state index in [4.69, 9.17) is 0 Å². The van der Waals surface area contributed by atoms with Gasteiger partial charge in [0.1, 0.15) is 5.75 Å². The molecule has 5 nitrogen and oxygen atoms in total. The van der Waals surface area contributed by atoms with Crippen molar-refractivity contribution in [2.24, 2.45) is 0 Å². The summed E-state index contributed by atoms with van der Waals surface area (Å²) in [4.78, 5) is 26.2. The first-order valence-corrected chi connectivity index (χ1v) is 9.03. The van der Waals surface area contributed by atoms with Crippen molar-refractivity contribution in [3.63, 3.8) is 0 Å². The Morgan fingerprint density at radius 2 is 1.65 bits per heavy atom. The van der Waals surface area contributed by atoms with Gasteiger partial charge < -0.3 is 15.3 Å². The largest absolute Gasteiger partial charge is 0.508 e. The highest BCUT2D eigenvalue weighted by Crippen LogP contribution is 2.29. The third-order valence-corrected chi connectivity index (χ3v) is 4.87. The Kier molecular flexibility index (Phi) is 5.89. The van der Waals surface area contributed by atoms with Gasteiger partial charge in [-0.1, -0.05) is 30.3 Å². The number of phenols is 1. The molecule has 2 amide bonds. The van der Waals surface area contributed by atoms with Crippen molar-refractivity contribution in [2.75, 3.05) is 19.6 Å². The summed E-state index contributed by atoms with van der Waals surface area (Å²) in [5, 5.41) is 12.2. The Morgan fingerprint density at radius 1 is 1.00 bits per heavy atom. The average molecular weight is 352 g/mol. The molecule has 136 valence electrons. The van der Waals surface area contributed by atoms with Crippen molar-refractivity contribution < 1.29 is 14.7 Å². The number of amides is 2. The molecule has 1 saturated heterocycles. The number of likely N-dealkylation sites (tertiary alicyclic amines) is 1. The van der Waals surface area contributed by atoms with Gasteiger partial charge in [0.15, 0.2) is 0 Å². The molecule has 2 aromatic rings. The fourth-order valence-corrected chi connectivity index (χ4v) is 3.34. The maximum atomic E-state index is 12.3. The number of carbonyl (C=O) groups is 2. The van der Waals surface area contributed by atoms with E-state index < -0.39 is 0 Å². The molecule has 2 aromatic carbocycles. The fourth-order valence-electron chi connectivity index (χ4n) is 3.34. The highest BCUT2D eigenvalue weighted by atomic mass is 16.3. The minimum absolute atomic E-state index is 0.0857. The molecule has 0 radical (unpaired) electrons. The molecule has 3 rings (SSSR count). The first kappa shape index (κ1) is 18.0. The monoisotopic (exact) mass is 352 g/mol. The highest BCUT2D eigenvalue weighted by Gasteiger charge is 2.23. The maximum Gasteiger partial charge on any atom is 0.251 e. The zero-order valence-electron chi connectivity index (χ0n) is 14.7. The van der Waals surface area contributed by atoms with Crippen LogP contribution in [0, 0.1) is 0 Å². The van der Waals surface area contributed by atoms with Crippen molar-refractivity contribution in [3.8, 4) is 5.75 Å². The number of nitrogens with one attached hydrogen (secondary N) is 1. The Balaban J connectivity index is 1.41. The summed E-state index contributed by atoms with van der Waals surface area (Å²) in [6.07, 6.45) is 2.17. The predicted octanol–water partition coefficient (Wildman–Crippen LogP) is 2.92. The molecule has 0 aliphatic carbocycles. The molecule has 0 spiro atoms. The molecule has 1 heterocycles. The molecule has 5 heteroatoms. The summed E-state index contributed by atoms with van der Waals surface area (Å²) in [5.41, 5.74) is 1.82. The Bertz CT molecular complexity index is 736. The second-order valence-electron chi connectivity index (χ2n) is 6.62. The molecule has 1 aliphatic rings. The van der Waals surface area contributed by atoms with E-state index in [2.05, 4.69) is 5.32 Å². The van der Waals surface area contributed by atoms with Crippen LogP contribution >= 0.6 is 0 Å². The van der Waals surface area contributed by atoms with Gasteiger partial charge in [-0.3, -0.25) is 9.59 Å². The van der Waals surface area contributed by atoms with Crippen LogP contribution in [0.15, 0.2) is 54.6 Å². The lowest BCUT2D eigenvalue weighted by atomic mass is 9.89. The van der Waals surface area contributed by atoms with E-state index in [0.717, 1.165) is 25.9 Å². The van der Waals surface area contributed by atoms with Crippen LogP contribution in [0.4, 0.5) is 0 Å². The lowest BCUT2D eigenvalue weighted by Gasteiger charge is -2.32. The van der Waals surface area contributed by atoms with Gasteiger partial charge in [0, 0.05) is 31.6 Å². The van der Waals surface area contributed by atoms with Crippen molar-refractivity contribution in [3.05, 3.63) is 65.7 Å². The lowest BCUT2D eigenvalue weighted by Crippen LogP contribution is -2.39. The Hall–Kier alpha value is -2.82. The van der Waals surface area contributed by atoms with Crippen molar-refractivity contribution in [2.45, 2.75) is 25.2 Å². The second kappa shape index (κ2) is 8.52. The number of piperidine rings is 1. The summed E-state index contributed by atoms with van der Waals surface area (Å²) in [7, 11) is 0. The van der Waals surface area contributed by atoms with E-state index in [9.17, 15) is 14.7 Å². The van der Waals surface area contributed by atoms with Gasteiger partial charge in [-0.25, -0.2) is 0 Å². The second-order valence-corrected chi connectivity index (χ2v) is 6.62. The van der Waals surface area contributed by atoms with Gasteiger partial charge >= 0.3 is 0 Å². The van der Waals surface area contributed by atoms with Gasteiger partial charge in [0.2, 0.25) is 5.91 Å². The van der Waals surface area contributed by atoms with Gasteiger partial charge in [-0.2, -0.15) is 0 Å². The van der Waals surface area contributed by atoms with Crippen molar-refractivity contribution in [1.29, 1.82) is 0 Å². The predicted molar refractivity (Wildman–Crippen MR) is 100 cm³/mol. The first-order valence-electron chi connectivity index (χ1n) is 9.03. The van der Waals surface area contributed by atoms with E-state index in [1.54, 1.807) is 24.3 Å². The number of hydrogen-bond acceptors (Lipinski definition) is 3. The summed E-state index contributed by atoms with van der Waals surface area (Å²) in [6, 6.07) is 16.3. The van der Waals surface area contributed by atoms with Crippen LogP contribution in [0.25, 0.3) is 0 Å². The average Bonchev–Trinajstić information content (AvgIpc) is 2.69. The molecular formula is C21H24N2O3. The molecule has 26 heavy (non-hydrogen) atoms. The molecule has 2 N–H and O–H groups in total. The maximum absolute atomic E-state index is 12.3. The standard InChI is InChI=1S/C21H24N2O3/c24-19-8-6-16(7-9-19)17-11-14-23(15-12-17)20(25)10-13-22-21(26)18-4-2-1-3-5-18/h1-9,17,24H,10-15H2,(H,22,26). The quantitative estimate of drug-likeness (QED) is 0.869. The molecule has 1 aliphatic heterocycles. The van der Waals surface area contributed by atoms with Gasteiger partial charge in [0.25, 0.3) is 5.91 Å². The number of carbonyl (C=O) groups excluding carboxylic acids is 2. The Labute approximate surface area is 153 Å². The number of aromatic hydroxyl groups is 1. The van der Waals surface area contributed by atoms with Gasteiger partial charge in [-0.05, 0) is 48.6 Å². The molecule has 0 bridgehead atoms. The molecule has 0 unspecified atom stereocenters. The van der Waals surface area contributed by atoms with E-state index in [0.29, 0.717) is 24.4 Å². The Morgan fingerprint density at radius 3 is 2.31 bits per heavy atom. The van der Waals surface area contributed by atoms with Crippen LogP contribution in [-0.4, -0.2) is 41.5 Å². The first-order chi connectivity index (χ1) is 12.6. The number of rotatable bonds is 5. The molecule has 0 atom stereocenters. The summed E-state index contributed by atoms with van der Waals surface area (Å²) >= 11 is 0. The zero-order valence-corrected chi connectivity index (χ0v) is 14.7. The molecule has 1 fully saturated rings. The van der Waals surface area contributed by atoms with Crippen LogP contribution in [0.3, 0.4) is 0 Å². The molecule has 0 aromatic heterocycles. The molecular weight excluding hydrogens is 328 g/mol.